The zero-order valence-electron chi connectivity index (χ0n) is 12.2. The molecule has 2 heterocycles. The average Bonchev–Trinajstić information content (AvgIpc) is 2.94. The molecule has 114 valence electrons. The van der Waals surface area contributed by atoms with E-state index in [0.717, 1.165) is 13.1 Å². The third-order valence-electron chi connectivity index (χ3n) is 3.54. The first kappa shape index (κ1) is 15.2. The standard InChI is InChI=1S/C14H19N3O4/c1-11(2)15-7-9-16(10-8-15)13(18)5-3-12-4-6-14(21-12)17(19)20/h3-6,11H,7-10H2,1-2H3. The molecule has 1 amide bonds. The Morgan fingerprint density at radius 1 is 1.33 bits per heavy atom. The maximum Gasteiger partial charge on any atom is 0.433 e. The minimum Gasteiger partial charge on any atom is -0.401 e. The minimum atomic E-state index is -0.607. The topological polar surface area (TPSA) is 79.8 Å². The zero-order chi connectivity index (χ0) is 15.4. The van der Waals surface area contributed by atoms with Crippen LogP contribution in [0.25, 0.3) is 6.08 Å². The Kier molecular flexibility index (Phi) is 4.74. The quantitative estimate of drug-likeness (QED) is 0.480. The first-order chi connectivity index (χ1) is 9.97. The summed E-state index contributed by atoms with van der Waals surface area (Å²) in [6.07, 6.45) is 2.86. The number of amides is 1. The number of hydrogen-bond acceptors (Lipinski definition) is 5. The van der Waals surface area contributed by atoms with Gasteiger partial charge in [0.2, 0.25) is 5.91 Å². The van der Waals surface area contributed by atoms with Crippen LogP contribution in [0.5, 0.6) is 0 Å². The highest BCUT2D eigenvalue weighted by Gasteiger charge is 2.21. The molecule has 0 spiro atoms. The Morgan fingerprint density at radius 2 is 2.00 bits per heavy atom. The monoisotopic (exact) mass is 293 g/mol. The van der Waals surface area contributed by atoms with Crippen LogP contribution in [0.2, 0.25) is 0 Å². The number of hydrogen-bond donors (Lipinski definition) is 0. The lowest BCUT2D eigenvalue weighted by molar-refractivity contribution is -0.402. The molecule has 0 aromatic carbocycles. The van der Waals surface area contributed by atoms with Gasteiger partial charge >= 0.3 is 5.88 Å². The lowest BCUT2D eigenvalue weighted by Gasteiger charge is -2.36. The van der Waals surface area contributed by atoms with Gasteiger partial charge < -0.3 is 9.32 Å². The first-order valence-corrected chi connectivity index (χ1v) is 6.92. The molecule has 1 fully saturated rings. The SMILES string of the molecule is CC(C)N1CCN(C(=O)C=Cc2ccc([N+](=O)[O-])o2)CC1. The van der Waals surface area contributed by atoms with Gasteiger partial charge in [-0.25, -0.2) is 0 Å². The van der Waals surface area contributed by atoms with Crippen LogP contribution in [0, 0.1) is 10.1 Å². The molecule has 1 aromatic rings. The van der Waals surface area contributed by atoms with Crippen LogP contribution < -0.4 is 0 Å². The molecule has 0 aliphatic carbocycles. The van der Waals surface area contributed by atoms with E-state index in [9.17, 15) is 14.9 Å². The summed E-state index contributed by atoms with van der Waals surface area (Å²) in [4.78, 5) is 26.0. The van der Waals surface area contributed by atoms with E-state index in [1.807, 2.05) is 0 Å². The number of nitrogens with zero attached hydrogens (tertiary/aromatic N) is 3. The predicted molar refractivity (Wildman–Crippen MR) is 77.7 cm³/mol. The van der Waals surface area contributed by atoms with Gasteiger partial charge in [-0.3, -0.25) is 19.8 Å². The fourth-order valence-electron chi connectivity index (χ4n) is 2.25. The predicted octanol–water partition coefficient (Wildman–Crippen LogP) is 1.75. The minimum absolute atomic E-state index is 0.0996. The molecule has 1 aromatic heterocycles. The zero-order valence-corrected chi connectivity index (χ0v) is 12.2. The summed E-state index contributed by atoms with van der Waals surface area (Å²) >= 11 is 0. The normalized spacial score (nSPS) is 16.8. The lowest BCUT2D eigenvalue weighted by Crippen LogP contribution is -2.50. The van der Waals surface area contributed by atoms with E-state index in [4.69, 9.17) is 4.42 Å². The summed E-state index contributed by atoms with van der Waals surface area (Å²) in [5.74, 6) is -0.124. The molecule has 1 aliphatic rings. The van der Waals surface area contributed by atoms with Gasteiger partial charge in [-0.1, -0.05) is 0 Å². The summed E-state index contributed by atoms with van der Waals surface area (Å²) in [5.41, 5.74) is 0. The molecule has 2 rings (SSSR count). The van der Waals surface area contributed by atoms with Gasteiger partial charge in [0.05, 0.1) is 6.07 Å². The molecule has 0 bridgehead atoms. The average molecular weight is 293 g/mol. The second kappa shape index (κ2) is 6.53. The Labute approximate surface area is 123 Å². The van der Waals surface area contributed by atoms with E-state index >= 15 is 0 Å². The van der Waals surface area contributed by atoms with Gasteiger partial charge in [0.25, 0.3) is 0 Å². The molecular weight excluding hydrogens is 274 g/mol. The summed E-state index contributed by atoms with van der Waals surface area (Å²) < 4.78 is 4.97. The molecule has 1 aliphatic heterocycles. The molecule has 0 saturated carbocycles. The summed E-state index contributed by atoms with van der Waals surface area (Å²) in [6, 6.07) is 3.23. The second-order valence-electron chi connectivity index (χ2n) is 5.22. The van der Waals surface area contributed by atoms with E-state index < -0.39 is 4.92 Å². The van der Waals surface area contributed by atoms with Crippen molar-refractivity contribution in [3.8, 4) is 0 Å². The van der Waals surface area contributed by atoms with Crippen molar-refractivity contribution >= 4 is 17.9 Å². The van der Waals surface area contributed by atoms with Crippen LogP contribution in [0.15, 0.2) is 22.6 Å². The van der Waals surface area contributed by atoms with Crippen molar-refractivity contribution in [2.45, 2.75) is 19.9 Å². The van der Waals surface area contributed by atoms with Crippen molar-refractivity contribution in [3.05, 3.63) is 34.1 Å². The van der Waals surface area contributed by atoms with Crippen molar-refractivity contribution in [1.82, 2.24) is 9.80 Å². The number of carbonyl (C=O) groups is 1. The van der Waals surface area contributed by atoms with Gasteiger partial charge in [-0.2, -0.15) is 0 Å². The summed E-state index contributed by atoms with van der Waals surface area (Å²) in [7, 11) is 0. The number of rotatable bonds is 4. The van der Waals surface area contributed by atoms with Crippen molar-refractivity contribution in [3.63, 3.8) is 0 Å². The highest BCUT2D eigenvalue weighted by molar-refractivity contribution is 5.91. The van der Waals surface area contributed by atoms with Crippen molar-refractivity contribution in [2.24, 2.45) is 0 Å². The highest BCUT2D eigenvalue weighted by Crippen LogP contribution is 2.16. The molecule has 21 heavy (non-hydrogen) atoms. The first-order valence-electron chi connectivity index (χ1n) is 6.92. The van der Waals surface area contributed by atoms with Gasteiger partial charge in [-0.15, -0.1) is 0 Å². The number of carbonyl (C=O) groups excluding carboxylic acids is 1. The molecule has 0 atom stereocenters. The Hall–Kier alpha value is -2.15. The van der Waals surface area contributed by atoms with E-state index in [2.05, 4.69) is 18.7 Å². The van der Waals surface area contributed by atoms with Gasteiger partial charge in [0.15, 0.2) is 0 Å². The third kappa shape index (κ3) is 3.91. The van der Waals surface area contributed by atoms with Crippen LogP contribution in [-0.2, 0) is 4.79 Å². The molecule has 0 unspecified atom stereocenters. The summed E-state index contributed by atoms with van der Waals surface area (Å²) in [5, 5.41) is 10.5. The Morgan fingerprint density at radius 3 is 2.52 bits per heavy atom. The van der Waals surface area contributed by atoms with Crippen molar-refractivity contribution in [2.75, 3.05) is 26.2 Å². The Bertz CT molecular complexity index is 542. The molecule has 1 saturated heterocycles. The largest absolute Gasteiger partial charge is 0.433 e. The molecule has 0 N–H and O–H groups in total. The van der Waals surface area contributed by atoms with Crippen LogP contribution in [0.4, 0.5) is 5.88 Å². The number of furan rings is 1. The van der Waals surface area contributed by atoms with E-state index in [1.165, 1.54) is 24.3 Å². The number of nitro groups is 1. The molecule has 7 nitrogen and oxygen atoms in total. The molecular formula is C14H19N3O4. The fraction of sp³-hybridized carbons (Fsp3) is 0.500. The van der Waals surface area contributed by atoms with E-state index in [-0.39, 0.29) is 11.8 Å². The van der Waals surface area contributed by atoms with E-state index in [1.54, 1.807) is 4.90 Å². The maximum atomic E-state index is 12.0. The molecule has 7 heteroatoms. The number of piperazine rings is 1. The van der Waals surface area contributed by atoms with Crippen LogP contribution in [0.3, 0.4) is 0 Å². The summed E-state index contributed by atoms with van der Waals surface area (Å²) in [6.45, 7) is 7.40. The fourth-order valence-corrected chi connectivity index (χ4v) is 2.25. The van der Waals surface area contributed by atoms with Crippen LogP contribution in [-0.4, -0.2) is 52.9 Å². The smallest absolute Gasteiger partial charge is 0.401 e. The molecule has 0 radical (unpaired) electrons. The van der Waals surface area contributed by atoms with Crippen LogP contribution >= 0.6 is 0 Å². The highest BCUT2D eigenvalue weighted by atomic mass is 16.6. The van der Waals surface area contributed by atoms with Crippen LogP contribution in [0.1, 0.15) is 19.6 Å². The lowest BCUT2D eigenvalue weighted by atomic mass is 10.2. The third-order valence-corrected chi connectivity index (χ3v) is 3.54. The van der Waals surface area contributed by atoms with Gasteiger partial charge in [0, 0.05) is 38.3 Å². The van der Waals surface area contributed by atoms with Crippen molar-refractivity contribution in [1.29, 1.82) is 0 Å². The van der Waals surface area contributed by atoms with Gasteiger partial charge in [0.1, 0.15) is 10.7 Å². The van der Waals surface area contributed by atoms with E-state index in [0.29, 0.717) is 24.9 Å². The van der Waals surface area contributed by atoms with Gasteiger partial charge in [-0.05, 0) is 26.0 Å². The Balaban J connectivity index is 1.89. The second-order valence-corrected chi connectivity index (χ2v) is 5.22. The maximum absolute atomic E-state index is 12.0. The van der Waals surface area contributed by atoms with Crippen molar-refractivity contribution < 1.29 is 14.1 Å².